The van der Waals surface area contributed by atoms with E-state index >= 15 is 0 Å². The molecule has 0 aliphatic rings. The van der Waals surface area contributed by atoms with E-state index in [0.717, 1.165) is 6.29 Å². The Kier molecular flexibility index (Phi) is 12.6. The molecule has 0 unspecified atom stereocenters. The van der Waals surface area contributed by atoms with Crippen LogP contribution in [0.3, 0.4) is 0 Å². The lowest BCUT2D eigenvalue weighted by Crippen LogP contribution is -1.56. The minimum Gasteiger partial charge on any atom is -0.299 e. The average molecular weight is 238 g/mol. The molecule has 1 nitrogen and oxygen atoms in total. The number of allylic oxidation sites excluding steroid dienone is 15. The molecule has 0 atom stereocenters. The van der Waals surface area contributed by atoms with Gasteiger partial charge in [0.2, 0.25) is 0 Å². The Morgan fingerprint density at radius 3 is 1.00 bits per heavy atom. The topological polar surface area (TPSA) is 17.1 Å². The third-order valence-electron chi connectivity index (χ3n) is 1.66. The highest BCUT2D eigenvalue weighted by atomic mass is 16.1. The first-order valence-electron chi connectivity index (χ1n) is 5.64. The number of aldehydes is 1. The van der Waals surface area contributed by atoms with Crippen LogP contribution in [0.4, 0.5) is 0 Å². The van der Waals surface area contributed by atoms with Gasteiger partial charge in [-0.1, -0.05) is 91.6 Å². The Labute approximate surface area is 109 Å². The summed E-state index contributed by atoms with van der Waals surface area (Å²) in [6.07, 6.45) is 28.5. The highest BCUT2D eigenvalue weighted by Crippen LogP contribution is 1.85. The van der Waals surface area contributed by atoms with E-state index < -0.39 is 0 Å². The molecule has 0 aromatic rings. The number of hydrogen-bond donors (Lipinski definition) is 0. The van der Waals surface area contributed by atoms with Crippen molar-refractivity contribution in [3.8, 4) is 0 Å². The van der Waals surface area contributed by atoms with Gasteiger partial charge in [0, 0.05) is 0 Å². The van der Waals surface area contributed by atoms with Crippen LogP contribution in [0.15, 0.2) is 97.7 Å². The fraction of sp³-hybridized carbons (Fsp3) is 0. The molecule has 0 heterocycles. The number of rotatable bonds is 8. The summed E-state index contributed by atoms with van der Waals surface area (Å²) in [7, 11) is 0. The van der Waals surface area contributed by atoms with Gasteiger partial charge in [0.25, 0.3) is 0 Å². The smallest absolute Gasteiger partial charge is 0.142 e. The van der Waals surface area contributed by atoms with Crippen molar-refractivity contribution in [3.05, 3.63) is 97.7 Å². The van der Waals surface area contributed by atoms with Gasteiger partial charge in [-0.15, -0.1) is 0 Å². The predicted molar refractivity (Wildman–Crippen MR) is 80.2 cm³/mol. The minimum atomic E-state index is 0.747. The van der Waals surface area contributed by atoms with Gasteiger partial charge in [-0.2, -0.15) is 0 Å². The lowest BCUT2D eigenvalue weighted by Gasteiger charge is -1.74. The molecule has 0 amide bonds. The fourth-order valence-electron chi connectivity index (χ4n) is 0.894. The summed E-state index contributed by atoms with van der Waals surface area (Å²) < 4.78 is 0. The number of carbonyl (C=O) groups is 1. The quantitative estimate of drug-likeness (QED) is 0.351. The monoisotopic (exact) mass is 238 g/mol. The molecule has 0 aliphatic heterocycles. The Balaban J connectivity index is 3.82. The molecule has 0 spiro atoms. The molecular weight excluding hydrogens is 220 g/mol. The molecule has 0 N–H and O–H groups in total. The van der Waals surface area contributed by atoms with E-state index in [9.17, 15) is 4.79 Å². The van der Waals surface area contributed by atoms with Crippen LogP contribution in [0.1, 0.15) is 0 Å². The summed E-state index contributed by atoms with van der Waals surface area (Å²) in [6, 6.07) is 0. The maximum absolute atomic E-state index is 9.95. The van der Waals surface area contributed by atoms with Crippen LogP contribution in [0, 0.1) is 0 Å². The normalized spacial score (nSPS) is 13.6. The molecule has 0 saturated carbocycles. The lowest BCUT2D eigenvalue weighted by molar-refractivity contribution is -0.104. The van der Waals surface area contributed by atoms with E-state index in [0.29, 0.717) is 0 Å². The van der Waals surface area contributed by atoms with E-state index in [2.05, 4.69) is 6.58 Å². The summed E-state index contributed by atoms with van der Waals surface area (Å²) in [6.45, 7) is 3.58. The number of carbonyl (C=O) groups excluding carboxylic acids is 1. The molecule has 1 heteroatoms. The zero-order valence-corrected chi connectivity index (χ0v) is 10.4. The molecule has 0 rings (SSSR count). The standard InChI is InChI=1S/C17H18O/c1-2-3-4-5-6-7-8-9-10-11-12-13-14-15-16-17-18/h2-17H,1H2/b4-3+,6-5+,8-7+,10-9+,12-11+,14-13+,16-15+. The predicted octanol–water partition coefficient (Wildman–Crippen LogP) is 4.26. The van der Waals surface area contributed by atoms with Gasteiger partial charge < -0.3 is 0 Å². The van der Waals surface area contributed by atoms with E-state index in [1.54, 1.807) is 18.2 Å². The van der Waals surface area contributed by atoms with Crippen molar-refractivity contribution in [1.29, 1.82) is 0 Å². The van der Waals surface area contributed by atoms with Gasteiger partial charge >= 0.3 is 0 Å². The second-order valence-corrected chi connectivity index (χ2v) is 3.07. The summed E-state index contributed by atoms with van der Waals surface area (Å²) in [5.74, 6) is 0. The van der Waals surface area contributed by atoms with Crippen molar-refractivity contribution in [2.24, 2.45) is 0 Å². The van der Waals surface area contributed by atoms with Crippen molar-refractivity contribution in [2.45, 2.75) is 0 Å². The van der Waals surface area contributed by atoms with Crippen molar-refractivity contribution in [2.75, 3.05) is 0 Å². The Bertz CT molecular complexity index is 373. The van der Waals surface area contributed by atoms with Crippen molar-refractivity contribution in [3.63, 3.8) is 0 Å². The molecule has 0 aromatic carbocycles. The van der Waals surface area contributed by atoms with Crippen LogP contribution in [0.2, 0.25) is 0 Å². The maximum Gasteiger partial charge on any atom is 0.142 e. The molecule has 0 aromatic heterocycles. The van der Waals surface area contributed by atoms with Gasteiger partial charge in [-0.05, 0) is 6.08 Å². The van der Waals surface area contributed by atoms with Gasteiger partial charge in [0.15, 0.2) is 0 Å². The average Bonchev–Trinajstić information content (AvgIpc) is 2.39. The van der Waals surface area contributed by atoms with Crippen molar-refractivity contribution < 1.29 is 4.79 Å². The molecule has 0 fully saturated rings. The molecule has 92 valence electrons. The molecular formula is C17H18O. The summed E-state index contributed by atoms with van der Waals surface area (Å²) in [5, 5.41) is 0. The fourth-order valence-corrected chi connectivity index (χ4v) is 0.894. The van der Waals surface area contributed by atoms with Crippen LogP contribution in [-0.4, -0.2) is 6.29 Å². The van der Waals surface area contributed by atoms with E-state index in [4.69, 9.17) is 0 Å². The third-order valence-corrected chi connectivity index (χ3v) is 1.66. The van der Waals surface area contributed by atoms with Crippen LogP contribution < -0.4 is 0 Å². The highest BCUT2D eigenvalue weighted by molar-refractivity contribution is 5.65. The first kappa shape index (κ1) is 15.6. The summed E-state index contributed by atoms with van der Waals surface area (Å²) >= 11 is 0. The van der Waals surface area contributed by atoms with E-state index in [1.807, 2.05) is 66.8 Å². The van der Waals surface area contributed by atoms with E-state index in [-0.39, 0.29) is 0 Å². The van der Waals surface area contributed by atoms with Gasteiger partial charge in [-0.25, -0.2) is 0 Å². The van der Waals surface area contributed by atoms with Crippen molar-refractivity contribution in [1.82, 2.24) is 0 Å². The number of hydrogen-bond acceptors (Lipinski definition) is 1. The van der Waals surface area contributed by atoms with Crippen LogP contribution >= 0.6 is 0 Å². The zero-order chi connectivity index (χ0) is 13.3. The molecule has 0 saturated heterocycles. The van der Waals surface area contributed by atoms with Crippen LogP contribution in [-0.2, 0) is 4.79 Å². The van der Waals surface area contributed by atoms with Gasteiger partial charge in [0.1, 0.15) is 6.29 Å². The summed E-state index contributed by atoms with van der Waals surface area (Å²) in [4.78, 5) is 9.95. The van der Waals surface area contributed by atoms with Gasteiger partial charge in [0.05, 0.1) is 0 Å². The third kappa shape index (κ3) is 13.6. The minimum absolute atomic E-state index is 0.747. The first-order chi connectivity index (χ1) is 8.91. The first-order valence-corrected chi connectivity index (χ1v) is 5.64. The largest absolute Gasteiger partial charge is 0.299 e. The maximum atomic E-state index is 9.95. The Morgan fingerprint density at radius 1 is 0.444 bits per heavy atom. The van der Waals surface area contributed by atoms with Gasteiger partial charge in [-0.3, -0.25) is 4.79 Å². The van der Waals surface area contributed by atoms with E-state index in [1.165, 1.54) is 6.08 Å². The summed E-state index contributed by atoms with van der Waals surface area (Å²) in [5.41, 5.74) is 0. The van der Waals surface area contributed by atoms with Crippen LogP contribution in [0.5, 0.6) is 0 Å². The SMILES string of the molecule is C=C/C=C/C=C/C=C/C=C/C=C/C=C/C=C/C=O. The van der Waals surface area contributed by atoms with Crippen molar-refractivity contribution >= 4 is 6.29 Å². The molecule has 0 radical (unpaired) electrons. The molecule has 0 bridgehead atoms. The van der Waals surface area contributed by atoms with Crippen LogP contribution in [0.25, 0.3) is 0 Å². The molecule has 0 aliphatic carbocycles. The molecule has 18 heavy (non-hydrogen) atoms. The lowest BCUT2D eigenvalue weighted by atomic mass is 10.3. The Hall–Kier alpha value is -2.41. The second-order valence-electron chi connectivity index (χ2n) is 3.07. The zero-order valence-electron chi connectivity index (χ0n) is 10.4. The highest BCUT2D eigenvalue weighted by Gasteiger charge is 1.64. The Morgan fingerprint density at radius 2 is 0.722 bits per heavy atom. The second kappa shape index (κ2) is 14.6.